The van der Waals surface area contributed by atoms with E-state index in [0.717, 1.165) is 6.42 Å². The molecule has 0 bridgehead atoms. The molecule has 27 heavy (non-hydrogen) atoms. The van der Waals surface area contributed by atoms with E-state index in [1.165, 1.54) is 10.9 Å². The molecule has 1 fully saturated rings. The number of nitrogens with zero attached hydrogens (tertiary/aromatic N) is 4. The predicted molar refractivity (Wildman–Crippen MR) is 101 cm³/mol. The minimum Gasteiger partial charge on any atom is -0.442 e. The van der Waals surface area contributed by atoms with Gasteiger partial charge in [-0.3, -0.25) is 14.4 Å². The van der Waals surface area contributed by atoms with E-state index in [4.69, 9.17) is 4.42 Å². The molecule has 0 N–H and O–H groups in total. The van der Waals surface area contributed by atoms with Gasteiger partial charge in [-0.15, -0.1) is 0 Å². The number of carbonyl (C=O) groups excluding carboxylic acids is 2. The second kappa shape index (κ2) is 7.54. The maximum absolute atomic E-state index is 13.0. The summed E-state index contributed by atoms with van der Waals surface area (Å²) < 4.78 is 6.86. The number of rotatable bonds is 4. The van der Waals surface area contributed by atoms with Gasteiger partial charge in [-0.05, 0) is 19.3 Å². The molecule has 3 heterocycles. The van der Waals surface area contributed by atoms with E-state index in [1.807, 2.05) is 4.90 Å². The van der Waals surface area contributed by atoms with Gasteiger partial charge in [-0.2, -0.15) is 0 Å². The first-order valence-electron chi connectivity index (χ1n) is 9.31. The van der Waals surface area contributed by atoms with Gasteiger partial charge in [0.2, 0.25) is 11.6 Å². The Kier molecular flexibility index (Phi) is 5.34. The van der Waals surface area contributed by atoms with Crippen molar-refractivity contribution in [2.45, 2.75) is 33.6 Å². The van der Waals surface area contributed by atoms with Crippen molar-refractivity contribution in [1.82, 2.24) is 19.4 Å². The molecule has 0 spiro atoms. The van der Waals surface area contributed by atoms with Crippen LogP contribution >= 0.6 is 0 Å². The molecule has 0 saturated carbocycles. The van der Waals surface area contributed by atoms with Crippen LogP contribution in [0.15, 0.2) is 15.5 Å². The van der Waals surface area contributed by atoms with Gasteiger partial charge < -0.3 is 18.8 Å². The average molecular weight is 374 g/mol. The van der Waals surface area contributed by atoms with Crippen LogP contribution in [0.1, 0.15) is 42.8 Å². The third-order valence-electron chi connectivity index (χ3n) is 5.02. The fraction of sp³-hybridized carbons (Fsp3) is 0.579. The van der Waals surface area contributed by atoms with Crippen molar-refractivity contribution in [3.8, 4) is 0 Å². The molecule has 2 amide bonds. The van der Waals surface area contributed by atoms with Gasteiger partial charge in [-0.25, -0.2) is 4.98 Å². The van der Waals surface area contributed by atoms with E-state index in [1.54, 1.807) is 18.9 Å². The lowest BCUT2D eigenvalue weighted by atomic mass is 10.1. The SMILES string of the molecule is Cc1oc2ncn(C)c(=O)c2c1C(=O)N1CCN(C(=O)CCC(C)C)CC1. The summed E-state index contributed by atoms with van der Waals surface area (Å²) in [4.78, 5) is 45.4. The zero-order valence-corrected chi connectivity index (χ0v) is 16.3. The highest BCUT2D eigenvalue weighted by Crippen LogP contribution is 2.23. The van der Waals surface area contributed by atoms with Crippen LogP contribution in [0.3, 0.4) is 0 Å². The minimum atomic E-state index is -0.303. The lowest BCUT2D eigenvalue weighted by molar-refractivity contribution is -0.132. The van der Waals surface area contributed by atoms with Gasteiger partial charge in [0.1, 0.15) is 17.5 Å². The summed E-state index contributed by atoms with van der Waals surface area (Å²) in [6, 6.07) is 0. The molecule has 3 rings (SSSR count). The summed E-state index contributed by atoms with van der Waals surface area (Å²) in [5, 5.41) is 0.220. The van der Waals surface area contributed by atoms with Crippen LogP contribution in [0.5, 0.6) is 0 Å². The summed E-state index contributed by atoms with van der Waals surface area (Å²) in [5.74, 6) is 0.774. The zero-order chi connectivity index (χ0) is 19.7. The highest BCUT2D eigenvalue weighted by Gasteiger charge is 2.29. The molecular weight excluding hydrogens is 348 g/mol. The molecule has 1 saturated heterocycles. The quantitative estimate of drug-likeness (QED) is 0.810. The molecule has 0 atom stereocenters. The van der Waals surface area contributed by atoms with Crippen LogP contribution < -0.4 is 5.56 Å². The van der Waals surface area contributed by atoms with E-state index in [-0.39, 0.29) is 34.0 Å². The van der Waals surface area contributed by atoms with Crippen molar-refractivity contribution in [3.63, 3.8) is 0 Å². The summed E-state index contributed by atoms with van der Waals surface area (Å²) in [6.07, 6.45) is 2.79. The standard InChI is InChI=1S/C19H26N4O4/c1-12(2)5-6-14(24)22-7-9-23(10-8-22)19(26)15-13(3)27-17-16(15)18(25)21(4)11-20-17/h11-12H,5-10H2,1-4H3. The monoisotopic (exact) mass is 374 g/mol. The second-order valence-corrected chi connectivity index (χ2v) is 7.48. The Morgan fingerprint density at radius 3 is 2.44 bits per heavy atom. The van der Waals surface area contributed by atoms with E-state index in [2.05, 4.69) is 18.8 Å². The summed E-state index contributed by atoms with van der Waals surface area (Å²) in [6.45, 7) is 7.76. The van der Waals surface area contributed by atoms with Crippen molar-refractivity contribution in [2.24, 2.45) is 13.0 Å². The Morgan fingerprint density at radius 2 is 1.81 bits per heavy atom. The average Bonchev–Trinajstić information content (AvgIpc) is 2.99. The van der Waals surface area contributed by atoms with E-state index in [0.29, 0.717) is 44.3 Å². The summed E-state index contributed by atoms with van der Waals surface area (Å²) >= 11 is 0. The number of fused-ring (bicyclic) bond motifs is 1. The fourth-order valence-corrected chi connectivity index (χ4v) is 3.33. The highest BCUT2D eigenvalue weighted by atomic mass is 16.3. The zero-order valence-electron chi connectivity index (χ0n) is 16.3. The van der Waals surface area contributed by atoms with Crippen molar-refractivity contribution in [2.75, 3.05) is 26.2 Å². The second-order valence-electron chi connectivity index (χ2n) is 7.48. The molecule has 1 aliphatic rings. The molecular formula is C19H26N4O4. The van der Waals surface area contributed by atoms with E-state index in [9.17, 15) is 14.4 Å². The van der Waals surface area contributed by atoms with Crippen LogP contribution in [0.25, 0.3) is 11.1 Å². The van der Waals surface area contributed by atoms with E-state index < -0.39 is 0 Å². The topological polar surface area (TPSA) is 88.6 Å². The molecule has 0 radical (unpaired) electrons. The Bertz CT molecular complexity index is 920. The first-order chi connectivity index (χ1) is 12.8. The Hall–Kier alpha value is -2.64. The lowest BCUT2D eigenvalue weighted by Gasteiger charge is -2.35. The summed E-state index contributed by atoms with van der Waals surface area (Å²) in [5.41, 5.74) is 0.155. The number of aryl methyl sites for hydroxylation is 2. The molecule has 0 aliphatic carbocycles. The van der Waals surface area contributed by atoms with Gasteiger partial charge in [-0.1, -0.05) is 13.8 Å². The van der Waals surface area contributed by atoms with Gasteiger partial charge >= 0.3 is 0 Å². The van der Waals surface area contributed by atoms with Crippen molar-refractivity contribution >= 4 is 22.9 Å². The number of piperazine rings is 1. The molecule has 0 unspecified atom stereocenters. The molecule has 8 nitrogen and oxygen atoms in total. The Labute approximate surface area is 157 Å². The molecule has 146 valence electrons. The molecule has 2 aromatic heterocycles. The molecule has 1 aliphatic heterocycles. The maximum atomic E-state index is 13.0. The maximum Gasteiger partial charge on any atom is 0.265 e. The fourth-order valence-electron chi connectivity index (χ4n) is 3.33. The number of hydrogen-bond donors (Lipinski definition) is 0. The van der Waals surface area contributed by atoms with Crippen LogP contribution in [-0.2, 0) is 11.8 Å². The van der Waals surface area contributed by atoms with Crippen LogP contribution in [0.2, 0.25) is 0 Å². The van der Waals surface area contributed by atoms with Gasteiger partial charge in [0.25, 0.3) is 11.5 Å². The highest BCUT2D eigenvalue weighted by molar-refractivity contribution is 6.06. The minimum absolute atomic E-state index is 0.138. The van der Waals surface area contributed by atoms with Gasteiger partial charge in [0.15, 0.2) is 0 Å². The number of amides is 2. The Morgan fingerprint density at radius 1 is 1.19 bits per heavy atom. The van der Waals surface area contributed by atoms with Crippen LogP contribution in [0.4, 0.5) is 0 Å². The molecule has 0 aromatic carbocycles. The van der Waals surface area contributed by atoms with Crippen molar-refractivity contribution in [3.05, 3.63) is 28.0 Å². The number of hydrogen-bond acceptors (Lipinski definition) is 5. The summed E-state index contributed by atoms with van der Waals surface area (Å²) in [7, 11) is 1.59. The number of carbonyl (C=O) groups is 2. The predicted octanol–water partition coefficient (Wildman–Crippen LogP) is 1.56. The smallest absolute Gasteiger partial charge is 0.265 e. The van der Waals surface area contributed by atoms with Crippen molar-refractivity contribution < 1.29 is 14.0 Å². The third kappa shape index (κ3) is 3.74. The van der Waals surface area contributed by atoms with Crippen LogP contribution in [-0.4, -0.2) is 57.3 Å². The number of furan rings is 1. The van der Waals surface area contributed by atoms with E-state index >= 15 is 0 Å². The molecule has 8 heteroatoms. The first-order valence-corrected chi connectivity index (χ1v) is 9.31. The van der Waals surface area contributed by atoms with Gasteiger partial charge in [0.05, 0.1) is 5.56 Å². The van der Waals surface area contributed by atoms with Gasteiger partial charge in [0, 0.05) is 39.6 Å². The lowest BCUT2D eigenvalue weighted by Crippen LogP contribution is -2.50. The van der Waals surface area contributed by atoms with Crippen molar-refractivity contribution in [1.29, 1.82) is 0 Å². The third-order valence-corrected chi connectivity index (χ3v) is 5.02. The first kappa shape index (κ1) is 19.1. The Balaban J connectivity index is 1.75. The molecule has 2 aromatic rings. The normalized spacial score (nSPS) is 15.0. The number of aromatic nitrogens is 2. The largest absolute Gasteiger partial charge is 0.442 e. The van der Waals surface area contributed by atoms with Crippen LogP contribution in [0, 0.1) is 12.8 Å².